The number of hydrogen-bond acceptors (Lipinski definition) is 3. The van der Waals surface area contributed by atoms with Crippen LogP contribution in [0.3, 0.4) is 0 Å². The zero-order valence-electron chi connectivity index (χ0n) is 9.65. The van der Waals surface area contributed by atoms with Crippen LogP contribution in [0.4, 0.5) is 21.5 Å². The number of nitrogens with two attached hydrogens (primary N) is 1. The van der Waals surface area contributed by atoms with E-state index in [2.05, 4.69) is 5.32 Å². The van der Waals surface area contributed by atoms with Gasteiger partial charge in [0, 0.05) is 10.7 Å². The van der Waals surface area contributed by atoms with E-state index in [0.29, 0.717) is 10.7 Å². The summed E-state index contributed by atoms with van der Waals surface area (Å²) in [5.41, 5.74) is 6.25. The first-order valence-electron chi connectivity index (χ1n) is 5.32. The van der Waals surface area contributed by atoms with Crippen molar-refractivity contribution in [2.24, 2.45) is 0 Å². The van der Waals surface area contributed by atoms with E-state index in [-0.39, 0.29) is 16.9 Å². The molecule has 19 heavy (non-hydrogen) atoms. The Labute approximate surface area is 113 Å². The molecule has 2 rings (SSSR count). The molecule has 0 aliphatic carbocycles. The first kappa shape index (κ1) is 13.2. The Balaban J connectivity index is 2.45. The highest BCUT2D eigenvalue weighted by Crippen LogP contribution is 2.27. The fourth-order valence-corrected chi connectivity index (χ4v) is 1.76. The molecule has 0 bridgehead atoms. The standard InChI is InChI=1S/C13H10ClFN2O2/c14-7-1-4-10(15)12(5-7)17-11-6-8(16)2-3-9(11)13(18)19/h1-6,17H,16H2,(H,18,19). The third kappa shape index (κ3) is 2.95. The number of carbonyl (C=O) groups is 1. The largest absolute Gasteiger partial charge is 0.478 e. The van der Waals surface area contributed by atoms with Crippen molar-refractivity contribution in [3.63, 3.8) is 0 Å². The molecular formula is C13H10ClFN2O2. The van der Waals surface area contributed by atoms with Gasteiger partial charge in [-0.3, -0.25) is 0 Å². The lowest BCUT2D eigenvalue weighted by molar-refractivity contribution is 0.0698. The van der Waals surface area contributed by atoms with E-state index in [4.69, 9.17) is 22.4 Å². The lowest BCUT2D eigenvalue weighted by Crippen LogP contribution is -2.04. The van der Waals surface area contributed by atoms with E-state index in [1.54, 1.807) is 0 Å². The summed E-state index contributed by atoms with van der Waals surface area (Å²) in [6, 6.07) is 8.19. The predicted molar refractivity (Wildman–Crippen MR) is 72.5 cm³/mol. The van der Waals surface area contributed by atoms with E-state index in [1.165, 1.54) is 36.4 Å². The normalized spacial score (nSPS) is 10.2. The summed E-state index contributed by atoms with van der Waals surface area (Å²) >= 11 is 5.77. The number of nitrogen functional groups attached to an aromatic ring is 1. The van der Waals surface area contributed by atoms with Gasteiger partial charge >= 0.3 is 5.97 Å². The van der Waals surface area contributed by atoms with Gasteiger partial charge in [0.1, 0.15) is 5.82 Å². The highest BCUT2D eigenvalue weighted by Gasteiger charge is 2.12. The summed E-state index contributed by atoms with van der Waals surface area (Å²) in [6.07, 6.45) is 0. The maximum Gasteiger partial charge on any atom is 0.337 e. The first-order valence-corrected chi connectivity index (χ1v) is 5.70. The molecule has 0 spiro atoms. The summed E-state index contributed by atoms with van der Waals surface area (Å²) in [5.74, 6) is -1.67. The van der Waals surface area contributed by atoms with Gasteiger partial charge in [-0.25, -0.2) is 9.18 Å². The molecule has 98 valence electrons. The van der Waals surface area contributed by atoms with Crippen molar-refractivity contribution in [2.45, 2.75) is 0 Å². The molecule has 0 saturated heterocycles. The highest BCUT2D eigenvalue weighted by atomic mass is 35.5. The molecule has 2 aromatic carbocycles. The lowest BCUT2D eigenvalue weighted by Gasteiger charge is -2.11. The third-order valence-corrected chi connectivity index (χ3v) is 2.71. The highest BCUT2D eigenvalue weighted by molar-refractivity contribution is 6.30. The summed E-state index contributed by atoms with van der Waals surface area (Å²) < 4.78 is 13.6. The second-order valence-corrected chi connectivity index (χ2v) is 4.30. The first-order chi connectivity index (χ1) is 8.97. The molecule has 0 aliphatic heterocycles. The molecule has 0 heterocycles. The molecule has 0 radical (unpaired) electrons. The smallest absolute Gasteiger partial charge is 0.337 e. The molecule has 0 atom stereocenters. The Morgan fingerprint density at radius 2 is 1.95 bits per heavy atom. The quantitative estimate of drug-likeness (QED) is 0.752. The fourth-order valence-electron chi connectivity index (χ4n) is 1.59. The molecule has 0 saturated carbocycles. The number of nitrogens with one attached hydrogen (secondary N) is 1. The van der Waals surface area contributed by atoms with E-state index >= 15 is 0 Å². The van der Waals surface area contributed by atoms with Crippen LogP contribution in [0.2, 0.25) is 5.02 Å². The van der Waals surface area contributed by atoms with Crippen molar-refractivity contribution in [3.8, 4) is 0 Å². The van der Waals surface area contributed by atoms with Gasteiger partial charge in [-0.1, -0.05) is 11.6 Å². The van der Waals surface area contributed by atoms with Crippen LogP contribution < -0.4 is 11.1 Å². The van der Waals surface area contributed by atoms with E-state index < -0.39 is 11.8 Å². The molecule has 6 heteroatoms. The van der Waals surface area contributed by atoms with Crippen LogP contribution in [-0.4, -0.2) is 11.1 Å². The maximum absolute atomic E-state index is 13.6. The average Bonchev–Trinajstić information content (AvgIpc) is 2.33. The minimum Gasteiger partial charge on any atom is -0.478 e. The molecule has 0 fully saturated rings. The molecule has 0 unspecified atom stereocenters. The summed E-state index contributed by atoms with van der Waals surface area (Å²) in [4.78, 5) is 11.1. The van der Waals surface area contributed by atoms with Gasteiger partial charge < -0.3 is 16.2 Å². The molecule has 4 N–H and O–H groups in total. The van der Waals surface area contributed by atoms with Gasteiger partial charge in [0.2, 0.25) is 0 Å². The summed E-state index contributed by atoms with van der Waals surface area (Å²) in [7, 11) is 0. The predicted octanol–water partition coefficient (Wildman–Crippen LogP) is 3.50. The van der Waals surface area contributed by atoms with Crippen molar-refractivity contribution in [2.75, 3.05) is 11.1 Å². The number of hydrogen-bond donors (Lipinski definition) is 3. The van der Waals surface area contributed by atoms with Crippen LogP contribution in [0.1, 0.15) is 10.4 Å². The second-order valence-electron chi connectivity index (χ2n) is 3.86. The topological polar surface area (TPSA) is 75.4 Å². The Bertz CT molecular complexity index is 647. The number of rotatable bonds is 3. The average molecular weight is 281 g/mol. The van der Waals surface area contributed by atoms with Gasteiger partial charge in [0.25, 0.3) is 0 Å². The van der Waals surface area contributed by atoms with E-state index in [9.17, 15) is 9.18 Å². The van der Waals surface area contributed by atoms with Crippen LogP contribution in [-0.2, 0) is 0 Å². The molecule has 2 aromatic rings. The lowest BCUT2D eigenvalue weighted by atomic mass is 10.1. The minimum absolute atomic E-state index is 0.00595. The molecular weight excluding hydrogens is 271 g/mol. The number of carboxylic acid groups (broad SMARTS) is 1. The van der Waals surface area contributed by atoms with Crippen molar-refractivity contribution >= 4 is 34.6 Å². The van der Waals surface area contributed by atoms with Crippen LogP contribution in [0.5, 0.6) is 0 Å². The number of benzene rings is 2. The molecule has 0 aromatic heterocycles. The summed E-state index contributed by atoms with van der Waals surface area (Å²) in [6.45, 7) is 0. The van der Waals surface area contributed by atoms with Crippen molar-refractivity contribution in [1.29, 1.82) is 0 Å². The zero-order valence-corrected chi connectivity index (χ0v) is 10.4. The van der Waals surface area contributed by atoms with Crippen molar-refractivity contribution in [1.82, 2.24) is 0 Å². The molecule has 0 amide bonds. The third-order valence-electron chi connectivity index (χ3n) is 2.47. The SMILES string of the molecule is Nc1ccc(C(=O)O)c(Nc2cc(Cl)ccc2F)c1. The van der Waals surface area contributed by atoms with E-state index in [0.717, 1.165) is 0 Å². The van der Waals surface area contributed by atoms with Gasteiger partial charge in [0.15, 0.2) is 0 Å². The summed E-state index contributed by atoms with van der Waals surface area (Å²) in [5, 5.41) is 12.1. The number of aromatic carboxylic acids is 1. The monoisotopic (exact) mass is 280 g/mol. The van der Waals surface area contributed by atoms with Crippen LogP contribution >= 0.6 is 11.6 Å². The van der Waals surface area contributed by atoms with Gasteiger partial charge in [-0.2, -0.15) is 0 Å². The zero-order chi connectivity index (χ0) is 14.0. The van der Waals surface area contributed by atoms with Gasteiger partial charge in [0.05, 0.1) is 16.9 Å². The Morgan fingerprint density at radius 3 is 2.63 bits per heavy atom. The van der Waals surface area contributed by atoms with Gasteiger partial charge in [-0.05, 0) is 36.4 Å². The fraction of sp³-hybridized carbons (Fsp3) is 0. The van der Waals surface area contributed by atoms with Crippen molar-refractivity contribution < 1.29 is 14.3 Å². The van der Waals surface area contributed by atoms with Crippen LogP contribution in [0, 0.1) is 5.82 Å². The molecule has 0 aliphatic rings. The maximum atomic E-state index is 13.6. The van der Waals surface area contributed by atoms with Crippen LogP contribution in [0.25, 0.3) is 0 Å². The molecule has 4 nitrogen and oxygen atoms in total. The van der Waals surface area contributed by atoms with Gasteiger partial charge in [-0.15, -0.1) is 0 Å². The van der Waals surface area contributed by atoms with Crippen LogP contribution in [0.15, 0.2) is 36.4 Å². The van der Waals surface area contributed by atoms with E-state index in [1.807, 2.05) is 0 Å². The number of halogens is 2. The number of carboxylic acids is 1. The Hall–Kier alpha value is -2.27. The second kappa shape index (κ2) is 5.16. The Kier molecular flexibility index (Phi) is 3.57. The minimum atomic E-state index is -1.13. The Morgan fingerprint density at radius 1 is 1.21 bits per heavy atom. The van der Waals surface area contributed by atoms with Crippen molar-refractivity contribution in [3.05, 3.63) is 52.8 Å². The number of anilines is 3.